The van der Waals surface area contributed by atoms with Crippen molar-refractivity contribution in [2.75, 3.05) is 18.2 Å². The number of carbonyl (C=O) groups excluding carboxylic acids is 1. The Hall–Kier alpha value is -3.59. The molecule has 0 aliphatic carbocycles. The number of hydrogen-bond donors (Lipinski definition) is 2. The second-order valence-electron chi connectivity index (χ2n) is 6.92. The standard InChI is InChI=1S/C21H19F2N5O2/c1-30-11-15-6-12-9-28(10-13(12)8-25-15)21(29)27-20-18(24)4-5-19(26-20)16-3-2-14(22)7-17(16)23/h2-8H,9-11,24H2,1H3,(H,26,27,29). The number of methoxy groups -OCH3 is 1. The molecular formula is C21H19F2N5O2. The first kappa shape index (κ1) is 19.7. The van der Waals surface area contributed by atoms with Gasteiger partial charge in [0.05, 0.1) is 23.7 Å². The van der Waals surface area contributed by atoms with Crippen molar-refractivity contribution in [3.8, 4) is 11.3 Å². The molecule has 1 aliphatic heterocycles. The number of urea groups is 1. The van der Waals surface area contributed by atoms with Crippen LogP contribution < -0.4 is 11.1 Å². The first-order valence-corrected chi connectivity index (χ1v) is 9.18. The average molecular weight is 411 g/mol. The largest absolute Gasteiger partial charge is 0.396 e. The van der Waals surface area contributed by atoms with Crippen molar-refractivity contribution in [2.24, 2.45) is 0 Å². The summed E-state index contributed by atoms with van der Waals surface area (Å²) >= 11 is 0. The zero-order valence-corrected chi connectivity index (χ0v) is 16.2. The predicted octanol–water partition coefficient (Wildman–Crippen LogP) is 3.70. The number of nitrogens with zero attached hydrogens (tertiary/aromatic N) is 3. The number of ether oxygens (including phenoxy) is 1. The molecule has 154 valence electrons. The predicted molar refractivity (Wildman–Crippen MR) is 107 cm³/mol. The minimum Gasteiger partial charge on any atom is -0.396 e. The number of nitrogen functional groups attached to an aromatic ring is 1. The van der Waals surface area contributed by atoms with Gasteiger partial charge in [-0.1, -0.05) is 0 Å². The maximum absolute atomic E-state index is 14.1. The number of amides is 2. The van der Waals surface area contributed by atoms with Gasteiger partial charge in [-0.3, -0.25) is 10.3 Å². The SMILES string of the molecule is COCc1cc2c(cn1)CN(C(=O)Nc1nc(-c3ccc(F)cc3F)ccc1N)C2. The second kappa shape index (κ2) is 8.03. The third-order valence-electron chi connectivity index (χ3n) is 4.80. The molecule has 0 saturated heterocycles. The van der Waals surface area contributed by atoms with Crippen molar-refractivity contribution in [3.05, 3.63) is 71.1 Å². The Labute approximate surface area is 171 Å². The number of nitrogens with two attached hydrogens (primary N) is 1. The maximum Gasteiger partial charge on any atom is 0.323 e. The molecule has 4 rings (SSSR count). The van der Waals surface area contributed by atoms with Gasteiger partial charge in [0.25, 0.3) is 0 Å². The number of pyridine rings is 2. The number of aromatic nitrogens is 2. The van der Waals surface area contributed by atoms with E-state index in [2.05, 4.69) is 15.3 Å². The van der Waals surface area contributed by atoms with Crippen LogP contribution in [-0.2, 0) is 24.4 Å². The van der Waals surface area contributed by atoms with Gasteiger partial charge in [0.15, 0.2) is 5.82 Å². The second-order valence-corrected chi connectivity index (χ2v) is 6.92. The van der Waals surface area contributed by atoms with E-state index in [0.717, 1.165) is 29.0 Å². The summed E-state index contributed by atoms with van der Waals surface area (Å²) in [5, 5.41) is 2.68. The highest BCUT2D eigenvalue weighted by Crippen LogP contribution is 2.28. The number of anilines is 2. The van der Waals surface area contributed by atoms with E-state index in [0.29, 0.717) is 19.7 Å². The maximum atomic E-state index is 14.1. The van der Waals surface area contributed by atoms with E-state index in [1.807, 2.05) is 6.07 Å². The lowest BCUT2D eigenvalue weighted by Gasteiger charge is -2.17. The van der Waals surface area contributed by atoms with Gasteiger partial charge >= 0.3 is 6.03 Å². The van der Waals surface area contributed by atoms with E-state index < -0.39 is 17.7 Å². The number of halogens is 2. The Morgan fingerprint density at radius 2 is 2.00 bits per heavy atom. The van der Waals surface area contributed by atoms with Gasteiger partial charge in [0.1, 0.15) is 11.6 Å². The number of fused-ring (bicyclic) bond motifs is 1. The molecule has 0 unspecified atom stereocenters. The van der Waals surface area contributed by atoms with Crippen molar-refractivity contribution < 1.29 is 18.3 Å². The number of carbonyl (C=O) groups is 1. The molecule has 2 aromatic heterocycles. The van der Waals surface area contributed by atoms with E-state index in [1.165, 1.54) is 18.2 Å². The highest BCUT2D eigenvalue weighted by atomic mass is 19.1. The highest BCUT2D eigenvalue weighted by molar-refractivity contribution is 5.92. The molecule has 3 aromatic rings. The fraction of sp³-hybridized carbons (Fsp3) is 0.190. The number of hydrogen-bond acceptors (Lipinski definition) is 5. The van der Waals surface area contributed by atoms with Crippen molar-refractivity contribution in [2.45, 2.75) is 19.7 Å². The van der Waals surface area contributed by atoms with E-state index >= 15 is 0 Å². The average Bonchev–Trinajstić information content (AvgIpc) is 3.14. The van der Waals surface area contributed by atoms with Gasteiger partial charge in [-0.15, -0.1) is 0 Å². The molecule has 9 heteroatoms. The number of benzene rings is 1. The van der Waals surface area contributed by atoms with Crippen molar-refractivity contribution >= 4 is 17.5 Å². The van der Waals surface area contributed by atoms with Gasteiger partial charge in [-0.2, -0.15) is 0 Å². The van der Waals surface area contributed by atoms with Gasteiger partial charge in [-0.25, -0.2) is 18.6 Å². The van der Waals surface area contributed by atoms with Gasteiger partial charge in [-0.05, 0) is 41.5 Å². The van der Waals surface area contributed by atoms with E-state index in [4.69, 9.17) is 10.5 Å². The zero-order valence-electron chi connectivity index (χ0n) is 16.2. The lowest BCUT2D eigenvalue weighted by atomic mass is 10.1. The first-order chi connectivity index (χ1) is 14.4. The summed E-state index contributed by atoms with van der Waals surface area (Å²) in [4.78, 5) is 22.9. The van der Waals surface area contributed by atoms with Crippen LogP contribution in [0.15, 0.2) is 42.6 Å². The summed E-state index contributed by atoms with van der Waals surface area (Å²) in [6.07, 6.45) is 1.74. The van der Waals surface area contributed by atoms with Crippen LogP contribution >= 0.6 is 0 Å². The van der Waals surface area contributed by atoms with Crippen molar-refractivity contribution in [1.82, 2.24) is 14.9 Å². The Morgan fingerprint density at radius 3 is 2.77 bits per heavy atom. The number of nitrogens with one attached hydrogen (secondary N) is 1. The first-order valence-electron chi connectivity index (χ1n) is 9.18. The molecule has 0 bridgehead atoms. The summed E-state index contributed by atoms with van der Waals surface area (Å²) < 4.78 is 32.4. The summed E-state index contributed by atoms with van der Waals surface area (Å²) in [6, 6.07) is 7.75. The van der Waals surface area contributed by atoms with Gasteiger partial charge in [0.2, 0.25) is 0 Å². The Kier molecular flexibility index (Phi) is 5.28. The third kappa shape index (κ3) is 3.92. The molecule has 0 radical (unpaired) electrons. The molecule has 30 heavy (non-hydrogen) atoms. The van der Waals surface area contributed by atoms with Crippen molar-refractivity contribution in [1.29, 1.82) is 0 Å². The summed E-state index contributed by atoms with van der Waals surface area (Å²) in [5.41, 5.74) is 9.25. The Balaban J connectivity index is 1.52. The molecular weight excluding hydrogens is 392 g/mol. The van der Waals surface area contributed by atoms with Crippen LogP contribution in [0, 0.1) is 11.6 Å². The van der Waals surface area contributed by atoms with Crippen LogP contribution in [0.1, 0.15) is 16.8 Å². The highest BCUT2D eigenvalue weighted by Gasteiger charge is 2.25. The molecule has 1 aliphatic rings. The minimum absolute atomic E-state index is 0.107. The topological polar surface area (TPSA) is 93.4 Å². The van der Waals surface area contributed by atoms with Crippen molar-refractivity contribution in [3.63, 3.8) is 0 Å². The van der Waals surface area contributed by atoms with Crippen LogP contribution in [0.2, 0.25) is 0 Å². The lowest BCUT2D eigenvalue weighted by Crippen LogP contribution is -2.30. The molecule has 0 saturated carbocycles. The van der Waals surface area contributed by atoms with E-state index in [-0.39, 0.29) is 22.8 Å². The van der Waals surface area contributed by atoms with E-state index in [1.54, 1.807) is 18.2 Å². The Bertz CT molecular complexity index is 1120. The molecule has 3 N–H and O–H groups in total. The normalized spacial score (nSPS) is 12.7. The molecule has 0 atom stereocenters. The van der Waals surface area contributed by atoms with Crippen LogP contribution in [0.4, 0.5) is 25.1 Å². The molecule has 1 aromatic carbocycles. The number of rotatable bonds is 4. The summed E-state index contributed by atoms with van der Waals surface area (Å²) in [7, 11) is 1.60. The van der Waals surface area contributed by atoms with Crippen LogP contribution in [0.25, 0.3) is 11.3 Å². The van der Waals surface area contributed by atoms with Crippen LogP contribution in [-0.4, -0.2) is 28.0 Å². The molecule has 3 heterocycles. The smallest absolute Gasteiger partial charge is 0.323 e. The van der Waals surface area contributed by atoms with Crippen LogP contribution in [0.3, 0.4) is 0 Å². The molecule has 7 nitrogen and oxygen atoms in total. The van der Waals surface area contributed by atoms with Crippen LogP contribution in [0.5, 0.6) is 0 Å². The molecule has 0 spiro atoms. The summed E-state index contributed by atoms with van der Waals surface area (Å²) in [6.45, 7) is 1.20. The van der Waals surface area contributed by atoms with E-state index in [9.17, 15) is 13.6 Å². The third-order valence-corrected chi connectivity index (χ3v) is 4.80. The summed E-state index contributed by atoms with van der Waals surface area (Å²) in [5.74, 6) is -1.33. The lowest BCUT2D eigenvalue weighted by molar-refractivity contribution is 0.181. The monoisotopic (exact) mass is 411 g/mol. The zero-order chi connectivity index (χ0) is 21.3. The molecule has 2 amide bonds. The Morgan fingerprint density at radius 1 is 1.20 bits per heavy atom. The molecule has 0 fully saturated rings. The fourth-order valence-corrected chi connectivity index (χ4v) is 3.30. The van der Waals surface area contributed by atoms with Gasteiger partial charge < -0.3 is 15.4 Å². The van der Waals surface area contributed by atoms with Gasteiger partial charge in [0, 0.05) is 38.0 Å². The fourth-order valence-electron chi connectivity index (χ4n) is 3.30. The minimum atomic E-state index is -0.751. The quantitative estimate of drug-likeness (QED) is 0.683.